The van der Waals surface area contributed by atoms with Gasteiger partial charge >= 0.3 is 5.97 Å². The van der Waals surface area contributed by atoms with Crippen LogP contribution in [0.25, 0.3) is 0 Å². The topological polar surface area (TPSA) is 66.8 Å². The Morgan fingerprint density at radius 1 is 1.38 bits per heavy atom. The summed E-state index contributed by atoms with van der Waals surface area (Å²) in [5, 5.41) is 9.19. The highest BCUT2D eigenvalue weighted by Gasteiger charge is 2.39. The number of aliphatic carboxylic acids is 1. The van der Waals surface area contributed by atoms with Gasteiger partial charge in [0.1, 0.15) is 6.04 Å². The monoisotopic (exact) mass is 309 g/mol. The SMILES string of the molecule is COC1CC(C(=O)O)N(C(=O)CSCc2ccccc2)C1. The molecule has 2 unspecified atom stereocenters. The standard InChI is InChI=1S/C15H19NO4S/c1-20-12-7-13(15(18)19)16(8-12)14(17)10-21-9-11-5-3-2-4-6-11/h2-6,12-13H,7-10H2,1H3,(H,18,19). The quantitative estimate of drug-likeness (QED) is 0.865. The Morgan fingerprint density at radius 3 is 2.71 bits per heavy atom. The van der Waals surface area contributed by atoms with Gasteiger partial charge in [-0.25, -0.2) is 4.79 Å². The molecule has 114 valence electrons. The van der Waals surface area contributed by atoms with E-state index in [2.05, 4.69) is 0 Å². The third-order valence-corrected chi connectivity index (χ3v) is 4.53. The van der Waals surface area contributed by atoms with Crippen molar-refractivity contribution in [3.8, 4) is 0 Å². The summed E-state index contributed by atoms with van der Waals surface area (Å²) in [4.78, 5) is 24.8. The van der Waals surface area contributed by atoms with Crippen molar-refractivity contribution in [1.82, 2.24) is 4.90 Å². The molecule has 0 radical (unpaired) electrons. The summed E-state index contributed by atoms with van der Waals surface area (Å²) < 4.78 is 5.18. The number of hydrogen-bond acceptors (Lipinski definition) is 4. The average Bonchev–Trinajstić information content (AvgIpc) is 2.93. The largest absolute Gasteiger partial charge is 0.480 e. The minimum Gasteiger partial charge on any atom is -0.480 e. The van der Waals surface area contributed by atoms with Crippen molar-refractivity contribution >= 4 is 23.6 Å². The van der Waals surface area contributed by atoms with Crippen molar-refractivity contribution in [2.45, 2.75) is 24.3 Å². The van der Waals surface area contributed by atoms with Gasteiger partial charge in [-0.05, 0) is 5.56 Å². The van der Waals surface area contributed by atoms with Gasteiger partial charge in [-0.3, -0.25) is 4.79 Å². The van der Waals surface area contributed by atoms with Crippen LogP contribution in [-0.2, 0) is 20.1 Å². The predicted octanol–water partition coefficient (Wildman–Crippen LogP) is 1.62. The van der Waals surface area contributed by atoms with Crippen LogP contribution in [0, 0.1) is 0 Å². The molecule has 1 aromatic rings. The van der Waals surface area contributed by atoms with Crippen molar-refractivity contribution in [3.05, 3.63) is 35.9 Å². The smallest absolute Gasteiger partial charge is 0.326 e. The minimum absolute atomic E-state index is 0.136. The fourth-order valence-corrected chi connectivity index (χ4v) is 3.26. The fourth-order valence-electron chi connectivity index (χ4n) is 2.39. The molecule has 2 atom stereocenters. The second kappa shape index (κ2) is 7.47. The van der Waals surface area contributed by atoms with Gasteiger partial charge < -0.3 is 14.7 Å². The molecule has 1 aliphatic rings. The van der Waals surface area contributed by atoms with Gasteiger partial charge in [0, 0.05) is 25.8 Å². The van der Waals surface area contributed by atoms with E-state index >= 15 is 0 Å². The van der Waals surface area contributed by atoms with E-state index in [9.17, 15) is 14.7 Å². The molecular weight excluding hydrogens is 290 g/mol. The van der Waals surface area contributed by atoms with E-state index in [-0.39, 0.29) is 17.8 Å². The molecule has 0 aromatic heterocycles. The first-order valence-electron chi connectivity index (χ1n) is 6.78. The zero-order valence-corrected chi connectivity index (χ0v) is 12.7. The van der Waals surface area contributed by atoms with Gasteiger partial charge in [-0.15, -0.1) is 11.8 Å². The zero-order chi connectivity index (χ0) is 15.2. The van der Waals surface area contributed by atoms with Crippen LogP contribution in [0.3, 0.4) is 0 Å². The first-order chi connectivity index (χ1) is 10.1. The van der Waals surface area contributed by atoms with E-state index in [4.69, 9.17) is 4.74 Å². The van der Waals surface area contributed by atoms with Gasteiger partial charge in [0.25, 0.3) is 0 Å². The maximum absolute atomic E-state index is 12.2. The molecule has 21 heavy (non-hydrogen) atoms. The van der Waals surface area contributed by atoms with E-state index < -0.39 is 12.0 Å². The number of nitrogens with zero attached hydrogens (tertiary/aromatic N) is 1. The van der Waals surface area contributed by atoms with Crippen LogP contribution in [0.15, 0.2) is 30.3 Å². The molecular formula is C15H19NO4S. The summed E-state index contributed by atoms with van der Waals surface area (Å²) in [6, 6.07) is 9.12. The number of hydrogen-bond donors (Lipinski definition) is 1. The number of amides is 1. The number of thioether (sulfide) groups is 1. The minimum atomic E-state index is -0.962. The van der Waals surface area contributed by atoms with Gasteiger partial charge in [0.2, 0.25) is 5.91 Å². The maximum Gasteiger partial charge on any atom is 0.326 e. The van der Waals surface area contributed by atoms with E-state index in [1.165, 1.54) is 16.7 Å². The number of rotatable bonds is 6. The highest BCUT2D eigenvalue weighted by Crippen LogP contribution is 2.22. The summed E-state index contributed by atoms with van der Waals surface area (Å²) >= 11 is 1.50. The van der Waals surface area contributed by atoms with Crippen molar-refractivity contribution in [3.63, 3.8) is 0 Å². The van der Waals surface area contributed by atoms with E-state index in [1.54, 1.807) is 7.11 Å². The number of carboxylic acid groups (broad SMARTS) is 1. The molecule has 1 aromatic carbocycles. The third-order valence-electron chi connectivity index (χ3n) is 3.54. The zero-order valence-electron chi connectivity index (χ0n) is 11.9. The first kappa shape index (κ1) is 15.9. The van der Waals surface area contributed by atoms with Crippen LogP contribution in [0.5, 0.6) is 0 Å². The molecule has 1 fully saturated rings. The highest BCUT2D eigenvalue weighted by atomic mass is 32.2. The Hall–Kier alpha value is -1.53. The Balaban J connectivity index is 1.85. The second-order valence-corrected chi connectivity index (χ2v) is 5.96. The normalized spacial score (nSPS) is 21.5. The predicted molar refractivity (Wildman–Crippen MR) is 81.2 cm³/mol. The number of carbonyl (C=O) groups excluding carboxylic acids is 1. The molecule has 1 saturated heterocycles. The third kappa shape index (κ3) is 4.22. The van der Waals surface area contributed by atoms with Crippen LogP contribution in [0.1, 0.15) is 12.0 Å². The van der Waals surface area contributed by atoms with Gasteiger partial charge in [-0.2, -0.15) is 0 Å². The van der Waals surface area contributed by atoms with Crippen molar-refractivity contribution in [1.29, 1.82) is 0 Å². The lowest BCUT2D eigenvalue weighted by molar-refractivity contribution is -0.147. The number of benzene rings is 1. The molecule has 0 bridgehead atoms. The van der Waals surface area contributed by atoms with E-state index in [0.717, 1.165) is 11.3 Å². The number of methoxy groups -OCH3 is 1. The number of likely N-dealkylation sites (tertiary alicyclic amines) is 1. The van der Waals surface area contributed by atoms with Crippen molar-refractivity contribution in [2.24, 2.45) is 0 Å². The summed E-state index contributed by atoms with van der Waals surface area (Å²) in [6.45, 7) is 0.359. The average molecular weight is 309 g/mol. The molecule has 1 aliphatic heterocycles. The summed E-state index contributed by atoms with van der Waals surface area (Å²) in [5.41, 5.74) is 1.15. The summed E-state index contributed by atoms with van der Waals surface area (Å²) in [6.07, 6.45) is 0.176. The van der Waals surface area contributed by atoms with Crippen LogP contribution in [-0.4, -0.2) is 53.4 Å². The van der Waals surface area contributed by atoms with E-state index in [0.29, 0.717) is 13.0 Å². The van der Waals surface area contributed by atoms with Crippen LogP contribution >= 0.6 is 11.8 Å². The van der Waals surface area contributed by atoms with Crippen LogP contribution in [0.4, 0.5) is 0 Å². The molecule has 6 heteroatoms. The molecule has 1 heterocycles. The lowest BCUT2D eigenvalue weighted by Gasteiger charge is -2.21. The Bertz CT molecular complexity index is 494. The van der Waals surface area contributed by atoms with Crippen molar-refractivity contribution in [2.75, 3.05) is 19.4 Å². The summed E-state index contributed by atoms with van der Waals surface area (Å²) in [5.74, 6) is -0.0696. The maximum atomic E-state index is 12.2. The highest BCUT2D eigenvalue weighted by molar-refractivity contribution is 7.99. The number of carbonyl (C=O) groups is 2. The Morgan fingerprint density at radius 2 is 2.10 bits per heavy atom. The molecule has 0 aliphatic carbocycles. The summed E-state index contributed by atoms with van der Waals surface area (Å²) in [7, 11) is 1.54. The van der Waals surface area contributed by atoms with Gasteiger partial charge in [0.15, 0.2) is 0 Å². The van der Waals surface area contributed by atoms with E-state index in [1.807, 2.05) is 30.3 Å². The van der Waals surface area contributed by atoms with Crippen LogP contribution in [0.2, 0.25) is 0 Å². The molecule has 1 N–H and O–H groups in total. The Labute approximate surface area is 128 Å². The first-order valence-corrected chi connectivity index (χ1v) is 7.94. The van der Waals surface area contributed by atoms with Crippen LogP contribution < -0.4 is 0 Å². The molecule has 2 rings (SSSR count). The van der Waals surface area contributed by atoms with Gasteiger partial charge in [0.05, 0.1) is 11.9 Å². The molecule has 1 amide bonds. The fraction of sp³-hybridized carbons (Fsp3) is 0.467. The second-order valence-electron chi connectivity index (χ2n) is 4.97. The Kier molecular flexibility index (Phi) is 5.64. The molecule has 5 nitrogen and oxygen atoms in total. The van der Waals surface area contributed by atoms with Gasteiger partial charge in [-0.1, -0.05) is 30.3 Å². The number of ether oxygens (including phenoxy) is 1. The lowest BCUT2D eigenvalue weighted by Crippen LogP contribution is -2.41. The number of carboxylic acids is 1. The molecule has 0 spiro atoms. The van der Waals surface area contributed by atoms with Crippen molar-refractivity contribution < 1.29 is 19.4 Å². The lowest BCUT2D eigenvalue weighted by atomic mass is 10.2. The molecule has 0 saturated carbocycles.